The molecule has 1 aromatic heterocycles. The summed E-state index contributed by atoms with van der Waals surface area (Å²) in [6.07, 6.45) is 3.48. The minimum Gasteiger partial charge on any atom is -0.468 e. The molecule has 1 heterocycles. The van der Waals surface area contributed by atoms with Gasteiger partial charge in [0.1, 0.15) is 5.54 Å². The average Bonchev–Trinajstić information content (AvgIpc) is 3.04. The first-order valence-electron chi connectivity index (χ1n) is 6.84. The summed E-state index contributed by atoms with van der Waals surface area (Å²) >= 11 is 1.63. The van der Waals surface area contributed by atoms with Gasteiger partial charge in [-0.25, -0.2) is 4.68 Å². The maximum absolute atomic E-state index is 12.1. The van der Waals surface area contributed by atoms with Crippen molar-refractivity contribution in [1.29, 1.82) is 0 Å². The van der Waals surface area contributed by atoms with Crippen LogP contribution in [0.2, 0.25) is 0 Å². The molecule has 2 atom stereocenters. The van der Waals surface area contributed by atoms with E-state index in [0.717, 1.165) is 37.4 Å². The zero-order valence-electron chi connectivity index (χ0n) is 12.1. The topological polar surface area (TPSA) is 81.9 Å². The average molecular weight is 299 g/mol. The summed E-state index contributed by atoms with van der Waals surface area (Å²) in [6.45, 7) is 2.91. The van der Waals surface area contributed by atoms with Crippen molar-refractivity contribution in [2.24, 2.45) is 7.05 Å². The minimum absolute atomic E-state index is 0.162. The Morgan fingerprint density at radius 3 is 3.05 bits per heavy atom. The molecule has 0 spiro atoms. The lowest BCUT2D eigenvalue weighted by atomic mass is 9.97. The Balaban J connectivity index is 2.03. The van der Waals surface area contributed by atoms with Gasteiger partial charge in [0.25, 0.3) is 0 Å². The standard InChI is InChI=1S/C12H21N5O2S/c1-4-7-13-12(10(18)19-3)6-5-9(8-12)20-11-14-15-16-17(11)2/h9,13H,4-8H2,1-3H3. The number of methoxy groups -OCH3 is 1. The highest BCUT2D eigenvalue weighted by Crippen LogP contribution is 2.40. The lowest BCUT2D eigenvalue weighted by molar-refractivity contribution is -0.148. The van der Waals surface area contributed by atoms with Crippen molar-refractivity contribution in [3.05, 3.63) is 0 Å². The normalized spacial score (nSPS) is 25.9. The molecule has 20 heavy (non-hydrogen) atoms. The van der Waals surface area contributed by atoms with Crippen LogP contribution < -0.4 is 5.32 Å². The minimum atomic E-state index is -0.547. The van der Waals surface area contributed by atoms with Crippen molar-refractivity contribution in [1.82, 2.24) is 25.5 Å². The van der Waals surface area contributed by atoms with Crippen molar-refractivity contribution in [2.75, 3.05) is 13.7 Å². The first-order chi connectivity index (χ1) is 9.61. The maximum Gasteiger partial charge on any atom is 0.326 e. The van der Waals surface area contributed by atoms with Gasteiger partial charge in [0, 0.05) is 12.3 Å². The molecule has 1 saturated carbocycles. The molecule has 2 unspecified atom stereocenters. The summed E-state index contributed by atoms with van der Waals surface area (Å²) in [7, 11) is 3.27. The Morgan fingerprint density at radius 1 is 1.65 bits per heavy atom. The number of carbonyl (C=O) groups is 1. The fourth-order valence-corrected chi connectivity index (χ4v) is 3.72. The molecule has 0 amide bonds. The van der Waals surface area contributed by atoms with Crippen molar-refractivity contribution in [3.8, 4) is 0 Å². The third kappa shape index (κ3) is 3.12. The zero-order valence-corrected chi connectivity index (χ0v) is 12.9. The molecule has 8 heteroatoms. The quantitative estimate of drug-likeness (QED) is 0.777. The predicted octanol–water partition coefficient (Wildman–Crippen LogP) is 0.766. The summed E-state index contributed by atoms with van der Waals surface area (Å²) < 4.78 is 6.64. The molecule has 1 N–H and O–H groups in total. The van der Waals surface area contributed by atoms with E-state index < -0.39 is 5.54 Å². The van der Waals surface area contributed by atoms with E-state index in [-0.39, 0.29) is 5.97 Å². The summed E-state index contributed by atoms with van der Waals surface area (Å²) in [6, 6.07) is 0. The smallest absolute Gasteiger partial charge is 0.326 e. The van der Waals surface area contributed by atoms with Crippen LogP contribution in [0.15, 0.2) is 5.16 Å². The van der Waals surface area contributed by atoms with E-state index in [1.165, 1.54) is 7.11 Å². The molecular formula is C12H21N5O2S. The van der Waals surface area contributed by atoms with Gasteiger partial charge in [0.2, 0.25) is 5.16 Å². The number of aryl methyl sites for hydroxylation is 1. The number of nitrogens with zero attached hydrogens (tertiary/aromatic N) is 4. The van der Waals surface area contributed by atoms with Crippen molar-refractivity contribution in [2.45, 2.75) is 48.6 Å². The van der Waals surface area contributed by atoms with Crippen LogP contribution in [-0.2, 0) is 16.6 Å². The molecule has 7 nitrogen and oxygen atoms in total. The second-order valence-corrected chi connectivity index (χ2v) is 6.34. The Labute approximate surface area is 122 Å². The number of tetrazole rings is 1. The summed E-state index contributed by atoms with van der Waals surface area (Å²) in [5.41, 5.74) is -0.547. The van der Waals surface area contributed by atoms with E-state index in [2.05, 4.69) is 27.8 Å². The summed E-state index contributed by atoms with van der Waals surface area (Å²) in [5, 5.41) is 15.9. The van der Waals surface area contributed by atoms with Crippen LogP contribution in [0.25, 0.3) is 0 Å². The van der Waals surface area contributed by atoms with E-state index in [1.54, 1.807) is 16.4 Å². The number of esters is 1. The Bertz CT molecular complexity index is 466. The highest BCUT2D eigenvalue weighted by Gasteiger charge is 2.46. The molecule has 2 rings (SSSR count). The molecule has 1 aliphatic rings. The second kappa shape index (κ2) is 6.53. The fourth-order valence-electron chi connectivity index (χ4n) is 2.55. The Kier molecular flexibility index (Phi) is 4.98. The van der Waals surface area contributed by atoms with Gasteiger partial charge < -0.3 is 10.1 Å². The number of aromatic nitrogens is 4. The van der Waals surface area contributed by atoms with E-state index in [1.807, 2.05) is 7.05 Å². The van der Waals surface area contributed by atoms with Crippen LogP contribution in [0.1, 0.15) is 32.6 Å². The van der Waals surface area contributed by atoms with Crippen LogP contribution in [-0.4, -0.2) is 50.6 Å². The summed E-state index contributed by atoms with van der Waals surface area (Å²) in [4.78, 5) is 12.1. The SMILES string of the molecule is CCCNC1(C(=O)OC)CCC(Sc2nnnn2C)C1. The molecule has 1 aromatic rings. The molecule has 0 saturated heterocycles. The second-order valence-electron chi connectivity index (χ2n) is 5.07. The van der Waals surface area contributed by atoms with Gasteiger partial charge in [-0.05, 0) is 42.7 Å². The molecule has 0 radical (unpaired) electrons. The zero-order chi connectivity index (χ0) is 14.6. The highest BCUT2D eigenvalue weighted by atomic mass is 32.2. The molecule has 0 aromatic carbocycles. The van der Waals surface area contributed by atoms with E-state index in [4.69, 9.17) is 4.74 Å². The molecule has 0 aliphatic heterocycles. The van der Waals surface area contributed by atoms with Gasteiger partial charge in [-0.2, -0.15) is 0 Å². The van der Waals surface area contributed by atoms with Gasteiger partial charge >= 0.3 is 5.97 Å². The number of ether oxygens (including phenoxy) is 1. The van der Waals surface area contributed by atoms with Crippen molar-refractivity contribution in [3.63, 3.8) is 0 Å². The van der Waals surface area contributed by atoms with Gasteiger partial charge in [0.15, 0.2) is 0 Å². The molecule has 112 valence electrons. The lowest BCUT2D eigenvalue weighted by Gasteiger charge is -2.27. The number of rotatable bonds is 6. The van der Waals surface area contributed by atoms with Crippen molar-refractivity contribution >= 4 is 17.7 Å². The van der Waals surface area contributed by atoms with Gasteiger partial charge in [0.05, 0.1) is 7.11 Å². The van der Waals surface area contributed by atoms with Gasteiger partial charge in [-0.3, -0.25) is 4.79 Å². The molecule has 1 fully saturated rings. The highest BCUT2D eigenvalue weighted by molar-refractivity contribution is 7.99. The summed E-state index contributed by atoms with van der Waals surface area (Å²) in [5.74, 6) is -0.162. The van der Waals surface area contributed by atoms with Gasteiger partial charge in [-0.1, -0.05) is 18.7 Å². The van der Waals surface area contributed by atoms with E-state index in [9.17, 15) is 4.79 Å². The number of carbonyl (C=O) groups excluding carboxylic acids is 1. The number of nitrogens with one attached hydrogen (secondary N) is 1. The van der Waals surface area contributed by atoms with Gasteiger partial charge in [-0.15, -0.1) is 5.10 Å². The number of thioether (sulfide) groups is 1. The van der Waals surface area contributed by atoms with Crippen LogP contribution in [0, 0.1) is 0 Å². The maximum atomic E-state index is 12.1. The molecule has 0 bridgehead atoms. The van der Waals surface area contributed by atoms with Crippen LogP contribution in [0.3, 0.4) is 0 Å². The largest absolute Gasteiger partial charge is 0.468 e. The number of hydrogen-bond acceptors (Lipinski definition) is 7. The monoisotopic (exact) mass is 299 g/mol. The van der Waals surface area contributed by atoms with Crippen LogP contribution >= 0.6 is 11.8 Å². The fraction of sp³-hybridized carbons (Fsp3) is 0.833. The van der Waals surface area contributed by atoms with Crippen LogP contribution in [0.5, 0.6) is 0 Å². The number of hydrogen-bond donors (Lipinski definition) is 1. The molecular weight excluding hydrogens is 278 g/mol. The molecule has 1 aliphatic carbocycles. The third-order valence-electron chi connectivity index (χ3n) is 3.61. The van der Waals surface area contributed by atoms with E-state index in [0.29, 0.717) is 5.25 Å². The predicted molar refractivity (Wildman–Crippen MR) is 75.3 cm³/mol. The Hall–Kier alpha value is -1.15. The lowest BCUT2D eigenvalue weighted by Crippen LogP contribution is -2.51. The first kappa shape index (κ1) is 15.2. The van der Waals surface area contributed by atoms with Crippen molar-refractivity contribution < 1.29 is 9.53 Å². The first-order valence-corrected chi connectivity index (χ1v) is 7.71. The Morgan fingerprint density at radius 2 is 2.45 bits per heavy atom. The van der Waals surface area contributed by atoms with Crippen LogP contribution in [0.4, 0.5) is 0 Å². The van der Waals surface area contributed by atoms with E-state index >= 15 is 0 Å². The third-order valence-corrected chi connectivity index (χ3v) is 4.90.